The third-order valence-electron chi connectivity index (χ3n) is 3.81. The van der Waals surface area contributed by atoms with Gasteiger partial charge in [0.1, 0.15) is 11.8 Å². The Morgan fingerprint density at radius 1 is 1.23 bits per heavy atom. The smallest absolute Gasteiger partial charge is 0.271 e. The van der Waals surface area contributed by atoms with Crippen molar-refractivity contribution < 1.29 is 14.1 Å². The number of nitro benzene ring substituents is 1. The standard InChI is InChI=1S/C19H14N2O5/c1-12-6-8-14(21(24)25)10-16(12)20-18(22)9-7-13-11-26-17-5-3-2-4-15(17)19(13)23/h2-11H,1H3,(H,20,22)/b9-7+. The SMILES string of the molecule is Cc1ccc([N+](=O)[O-])cc1NC(=O)/C=C/c1coc2ccccc2c1=O. The Morgan fingerprint density at radius 2 is 2.00 bits per heavy atom. The van der Waals surface area contributed by atoms with Gasteiger partial charge in [-0.25, -0.2) is 0 Å². The molecule has 0 radical (unpaired) electrons. The molecule has 0 spiro atoms. The molecule has 7 nitrogen and oxygen atoms in total. The first-order valence-electron chi connectivity index (χ1n) is 7.70. The van der Waals surface area contributed by atoms with Crippen molar-refractivity contribution in [2.75, 3.05) is 5.32 Å². The Labute approximate surface area is 147 Å². The number of non-ortho nitro benzene ring substituents is 1. The van der Waals surface area contributed by atoms with E-state index in [2.05, 4.69) is 5.32 Å². The van der Waals surface area contributed by atoms with Gasteiger partial charge < -0.3 is 9.73 Å². The van der Waals surface area contributed by atoms with Crippen LogP contribution in [0.3, 0.4) is 0 Å². The summed E-state index contributed by atoms with van der Waals surface area (Å²) in [5.74, 6) is -0.513. The number of nitrogens with zero attached hydrogens (tertiary/aromatic N) is 1. The van der Waals surface area contributed by atoms with Crippen LogP contribution < -0.4 is 10.7 Å². The van der Waals surface area contributed by atoms with Crippen LogP contribution in [-0.2, 0) is 4.79 Å². The molecule has 0 fully saturated rings. The number of fused-ring (bicyclic) bond motifs is 1. The lowest BCUT2D eigenvalue weighted by atomic mass is 10.1. The second-order valence-corrected chi connectivity index (χ2v) is 5.60. The van der Waals surface area contributed by atoms with E-state index in [-0.39, 0.29) is 16.7 Å². The predicted octanol–water partition coefficient (Wildman–Crippen LogP) is 3.66. The van der Waals surface area contributed by atoms with E-state index < -0.39 is 10.8 Å². The molecule has 26 heavy (non-hydrogen) atoms. The minimum absolute atomic E-state index is 0.120. The number of nitrogens with one attached hydrogen (secondary N) is 1. The largest absolute Gasteiger partial charge is 0.463 e. The lowest BCUT2D eigenvalue weighted by molar-refractivity contribution is -0.384. The first-order valence-corrected chi connectivity index (χ1v) is 7.70. The molecule has 2 aromatic carbocycles. The van der Waals surface area contributed by atoms with Crippen molar-refractivity contribution in [3.8, 4) is 0 Å². The van der Waals surface area contributed by atoms with E-state index in [1.54, 1.807) is 37.3 Å². The molecule has 0 aliphatic rings. The van der Waals surface area contributed by atoms with Crippen LogP contribution in [0.2, 0.25) is 0 Å². The molecule has 3 rings (SSSR count). The molecular formula is C19H14N2O5. The maximum absolute atomic E-state index is 12.4. The van der Waals surface area contributed by atoms with Gasteiger partial charge in [0.15, 0.2) is 5.43 Å². The number of aryl methyl sites for hydroxylation is 1. The average molecular weight is 350 g/mol. The lowest BCUT2D eigenvalue weighted by Gasteiger charge is -2.06. The topological polar surface area (TPSA) is 102 Å². The zero-order chi connectivity index (χ0) is 18.7. The number of carbonyl (C=O) groups excluding carboxylic acids is 1. The molecular weight excluding hydrogens is 336 g/mol. The van der Waals surface area contributed by atoms with Crippen LogP contribution in [0.1, 0.15) is 11.1 Å². The van der Waals surface area contributed by atoms with Gasteiger partial charge in [-0.3, -0.25) is 19.7 Å². The van der Waals surface area contributed by atoms with Gasteiger partial charge in [-0.15, -0.1) is 0 Å². The van der Waals surface area contributed by atoms with Gasteiger partial charge in [0.05, 0.1) is 21.6 Å². The summed E-state index contributed by atoms with van der Waals surface area (Å²) in [6.07, 6.45) is 3.81. The van der Waals surface area contributed by atoms with Crippen LogP contribution >= 0.6 is 0 Å². The van der Waals surface area contributed by atoms with E-state index in [9.17, 15) is 19.7 Å². The molecule has 0 saturated heterocycles. The van der Waals surface area contributed by atoms with Gasteiger partial charge in [0.2, 0.25) is 5.91 Å². The molecule has 1 aromatic heterocycles. The van der Waals surface area contributed by atoms with Crippen molar-refractivity contribution in [2.45, 2.75) is 6.92 Å². The molecule has 7 heteroatoms. The first kappa shape index (κ1) is 17.1. The fourth-order valence-corrected chi connectivity index (χ4v) is 2.41. The summed E-state index contributed by atoms with van der Waals surface area (Å²) in [4.78, 5) is 34.8. The lowest BCUT2D eigenvalue weighted by Crippen LogP contribution is -2.10. The Kier molecular flexibility index (Phi) is 4.62. The Morgan fingerprint density at radius 3 is 2.77 bits per heavy atom. The van der Waals surface area contributed by atoms with E-state index in [1.807, 2.05) is 0 Å². The molecule has 0 atom stereocenters. The van der Waals surface area contributed by atoms with Gasteiger partial charge in [0, 0.05) is 18.2 Å². The number of amides is 1. The average Bonchev–Trinajstić information content (AvgIpc) is 2.63. The van der Waals surface area contributed by atoms with Crippen molar-refractivity contribution in [1.82, 2.24) is 0 Å². The summed E-state index contributed by atoms with van der Waals surface area (Å²) in [5.41, 5.74) is 1.34. The Bertz CT molecular complexity index is 1100. The highest BCUT2D eigenvalue weighted by atomic mass is 16.6. The van der Waals surface area contributed by atoms with E-state index in [0.29, 0.717) is 22.2 Å². The third kappa shape index (κ3) is 3.51. The van der Waals surface area contributed by atoms with Gasteiger partial charge in [0.25, 0.3) is 5.69 Å². The molecule has 0 bridgehead atoms. The molecule has 1 amide bonds. The van der Waals surface area contributed by atoms with Crippen LogP contribution in [0, 0.1) is 17.0 Å². The Hall–Kier alpha value is -3.74. The number of hydrogen-bond donors (Lipinski definition) is 1. The predicted molar refractivity (Wildman–Crippen MR) is 98.0 cm³/mol. The minimum Gasteiger partial charge on any atom is -0.463 e. The second kappa shape index (κ2) is 7.02. The fraction of sp³-hybridized carbons (Fsp3) is 0.0526. The molecule has 0 saturated carbocycles. The number of para-hydroxylation sites is 1. The van der Waals surface area contributed by atoms with Crippen LogP contribution in [0.5, 0.6) is 0 Å². The van der Waals surface area contributed by atoms with E-state index >= 15 is 0 Å². The number of hydrogen-bond acceptors (Lipinski definition) is 5. The highest BCUT2D eigenvalue weighted by molar-refractivity contribution is 6.02. The maximum Gasteiger partial charge on any atom is 0.271 e. The zero-order valence-electron chi connectivity index (χ0n) is 13.8. The quantitative estimate of drug-likeness (QED) is 0.439. The summed E-state index contributed by atoms with van der Waals surface area (Å²) in [6, 6.07) is 11.0. The highest BCUT2D eigenvalue weighted by Crippen LogP contribution is 2.21. The molecule has 3 aromatic rings. The third-order valence-corrected chi connectivity index (χ3v) is 3.81. The zero-order valence-corrected chi connectivity index (χ0v) is 13.8. The monoisotopic (exact) mass is 350 g/mol. The summed E-state index contributed by atoms with van der Waals surface area (Å²) in [6.45, 7) is 1.72. The summed E-state index contributed by atoms with van der Waals surface area (Å²) >= 11 is 0. The molecule has 1 heterocycles. The van der Waals surface area contributed by atoms with E-state index in [0.717, 1.165) is 0 Å². The number of nitro groups is 1. The van der Waals surface area contributed by atoms with Crippen molar-refractivity contribution >= 4 is 34.3 Å². The van der Waals surface area contributed by atoms with Gasteiger partial charge >= 0.3 is 0 Å². The highest BCUT2D eigenvalue weighted by Gasteiger charge is 2.10. The van der Waals surface area contributed by atoms with Crippen molar-refractivity contribution in [1.29, 1.82) is 0 Å². The molecule has 1 N–H and O–H groups in total. The van der Waals surface area contributed by atoms with Crippen molar-refractivity contribution in [3.63, 3.8) is 0 Å². The number of anilines is 1. The number of rotatable bonds is 4. The van der Waals surface area contributed by atoms with E-state index in [4.69, 9.17) is 4.42 Å². The first-order chi connectivity index (χ1) is 12.5. The summed E-state index contributed by atoms with van der Waals surface area (Å²) in [5, 5.41) is 13.8. The maximum atomic E-state index is 12.4. The van der Waals surface area contributed by atoms with Crippen molar-refractivity contribution in [2.24, 2.45) is 0 Å². The minimum atomic E-state index is -0.536. The number of benzene rings is 2. The van der Waals surface area contributed by atoms with Crippen LogP contribution in [0.15, 0.2) is 64.0 Å². The molecule has 0 unspecified atom stereocenters. The van der Waals surface area contributed by atoms with Crippen LogP contribution in [0.25, 0.3) is 17.0 Å². The van der Waals surface area contributed by atoms with Crippen molar-refractivity contribution in [3.05, 3.63) is 86.3 Å². The normalized spacial score (nSPS) is 11.0. The fourth-order valence-electron chi connectivity index (χ4n) is 2.41. The van der Waals surface area contributed by atoms with Crippen LogP contribution in [0.4, 0.5) is 11.4 Å². The van der Waals surface area contributed by atoms with Gasteiger partial charge in [-0.05, 0) is 30.7 Å². The molecule has 0 aliphatic heterocycles. The Balaban J connectivity index is 1.83. The second-order valence-electron chi connectivity index (χ2n) is 5.60. The number of carbonyl (C=O) groups is 1. The van der Waals surface area contributed by atoms with Gasteiger partial charge in [-0.1, -0.05) is 18.2 Å². The molecule has 130 valence electrons. The molecule has 0 aliphatic carbocycles. The van der Waals surface area contributed by atoms with Crippen LogP contribution in [-0.4, -0.2) is 10.8 Å². The van der Waals surface area contributed by atoms with Gasteiger partial charge in [-0.2, -0.15) is 0 Å². The van der Waals surface area contributed by atoms with E-state index in [1.165, 1.54) is 30.5 Å². The summed E-state index contributed by atoms with van der Waals surface area (Å²) < 4.78 is 5.38. The summed E-state index contributed by atoms with van der Waals surface area (Å²) in [7, 11) is 0.